The van der Waals surface area contributed by atoms with E-state index in [1.54, 1.807) is 6.92 Å². The molecule has 0 radical (unpaired) electrons. The molecule has 2 heterocycles. The molecule has 4 rings (SSSR count). The minimum atomic E-state index is -0.920. The zero-order valence-electron chi connectivity index (χ0n) is 16.8. The van der Waals surface area contributed by atoms with Crippen LogP contribution in [0.3, 0.4) is 0 Å². The van der Waals surface area contributed by atoms with Gasteiger partial charge in [0.25, 0.3) is 6.29 Å². The zero-order valence-corrected chi connectivity index (χ0v) is 16.8. The molecule has 0 aromatic rings. The Labute approximate surface area is 168 Å². The van der Waals surface area contributed by atoms with Crippen LogP contribution in [0.15, 0.2) is 34.6 Å². The van der Waals surface area contributed by atoms with Crippen molar-refractivity contribution in [2.45, 2.75) is 65.1 Å². The molecule has 5 atom stereocenters. The Morgan fingerprint density at radius 2 is 2.00 bits per heavy atom. The first-order valence-corrected chi connectivity index (χ1v) is 9.66. The third-order valence-corrected chi connectivity index (χ3v) is 6.22. The number of hydrogen-bond acceptors (Lipinski definition) is 8. The van der Waals surface area contributed by atoms with Crippen LogP contribution in [0.5, 0.6) is 0 Å². The van der Waals surface area contributed by atoms with E-state index < -0.39 is 53.8 Å². The van der Waals surface area contributed by atoms with Gasteiger partial charge in [-0.05, 0) is 30.9 Å². The maximum atomic E-state index is 12.6. The summed E-state index contributed by atoms with van der Waals surface area (Å²) in [5.41, 5.74) is 1.73. The van der Waals surface area contributed by atoms with Crippen LogP contribution in [0.25, 0.3) is 0 Å². The van der Waals surface area contributed by atoms with Crippen molar-refractivity contribution in [2.24, 2.45) is 11.3 Å². The minimum Gasteiger partial charge on any atom is -0.458 e. The van der Waals surface area contributed by atoms with E-state index in [1.807, 2.05) is 13.8 Å². The SMILES string of the molecule is CC(=O)O[C@@H]1C2=C([C@H]3OC(=O)/C(=C/O[C@H]4C=C(C)C(=O)O4)[C@@H]13)C(C)(C)[C@@H](O)CC2. The second-order valence-corrected chi connectivity index (χ2v) is 8.43. The summed E-state index contributed by atoms with van der Waals surface area (Å²) in [7, 11) is 0. The van der Waals surface area contributed by atoms with Crippen molar-refractivity contribution >= 4 is 17.9 Å². The van der Waals surface area contributed by atoms with Gasteiger partial charge in [0.1, 0.15) is 12.2 Å². The molecule has 0 aromatic heterocycles. The number of carbonyl (C=O) groups excluding carboxylic acids is 3. The Bertz CT molecular complexity index is 877. The quantitative estimate of drug-likeness (QED) is 0.249. The van der Waals surface area contributed by atoms with Crippen molar-refractivity contribution in [1.29, 1.82) is 0 Å². The summed E-state index contributed by atoms with van der Waals surface area (Å²) in [4.78, 5) is 35.9. The molecule has 1 N–H and O–H groups in total. The fourth-order valence-corrected chi connectivity index (χ4v) is 4.72. The Morgan fingerprint density at radius 1 is 1.28 bits per heavy atom. The van der Waals surface area contributed by atoms with Gasteiger partial charge in [0.2, 0.25) is 0 Å². The van der Waals surface area contributed by atoms with Crippen LogP contribution in [0, 0.1) is 11.3 Å². The molecular weight excluding hydrogens is 380 g/mol. The molecule has 8 heteroatoms. The fourth-order valence-electron chi connectivity index (χ4n) is 4.72. The standard InChI is InChI=1S/C21H24O8/c1-9-7-14(28-19(9)24)26-8-12-15-17(27-10(2)22)11-5-6-13(23)21(3,4)16(11)18(15)29-20(12)25/h7-8,13-15,17-18,23H,5-6H2,1-4H3/b12-8+/t13-,14+,15-,17+,18-/m0/s1. The summed E-state index contributed by atoms with van der Waals surface area (Å²) in [6.45, 7) is 6.73. The van der Waals surface area contributed by atoms with Crippen molar-refractivity contribution in [2.75, 3.05) is 0 Å². The van der Waals surface area contributed by atoms with Crippen molar-refractivity contribution < 1.29 is 38.4 Å². The number of hydrogen-bond donors (Lipinski definition) is 1. The lowest BCUT2D eigenvalue weighted by atomic mass is 9.70. The number of ether oxygens (including phenoxy) is 4. The van der Waals surface area contributed by atoms with Crippen LogP contribution in [-0.4, -0.2) is 47.6 Å². The number of esters is 3. The lowest BCUT2D eigenvalue weighted by Gasteiger charge is -2.39. The Balaban J connectivity index is 1.68. The maximum absolute atomic E-state index is 12.6. The highest BCUT2D eigenvalue weighted by Gasteiger charge is 2.60. The topological polar surface area (TPSA) is 108 Å². The van der Waals surface area contributed by atoms with E-state index in [0.717, 1.165) is 11.1 Å². The molecule has 0 aromatic carbocycles. The molecule has 156 valence electrons. The normalized spacial score (nSPS) is 36.4. The first-order valence-electron chi connectivity index (χ1n) is 9.66. The monoisotopic (exact) mass is 404 g/mol. The molecule has 8 nitrogen and oxygen atoms in total. The highest BCUT2D eigenvalue weighted by Crippen LogP contribution is 2.55. The van der Waals surface area contributed by atoms with Gasteiger partial charge in [-0.15, -0.1) is 0 Å². The number of aliphatic hydroxyl groups excluding tert-OH is 1. The molecular formula is C21H24O8. The van der Waals surface area contributed by atoms with Gasteiger partial charge in [-0.25, -0.2) is 9.59 Å². The van der Waals surface area contributed by atoms with Crippen molar-refractivity contribution in [3.63, 3.8) is 0 Å². The second kappa shape index (κ2) is 6.73. The fraction of sp³-hybridized carbons (Fsp3) is 0.571. The first-order chi connectivity index (χ1) is 13.6. The van der Waals surface area contributed by atoms with Crippen molar-refractivity contribution in [3.8, 4) is 0 Å². The summed E-state index contributed by atoms with van der Waals surface area (Å²) in [5, 5.41) is 10.5. The third-order valence-electron chi connectivity index (χ3n) is 6.22. The van der Waals surface area contributed by atoms with Crippen LogP contribution < -0.4 is 0 Å². The van der Waals surface area contributed by atoms with E-state index in [4.69, 9.17) is 18.9 Å². The highest BCUT2D eigenvalue weighted by atomic mass is 16.7. The summed E-state index contributed by atoms with van der Waals surface area (Å²) >= 11 is 0. The second-order valence-electron chi connectivity index (χ2n) is 8.43. The molecule has 0 unspecified atom stereocenters. The maximum Gasteiger partial charge on any atom is 0.338 e. The molecule has 2 aliphatic heterocycles. The summed E-state index contributed by atoms with van der Waals surface area (Å²) in [5.74, 6) is -2.09. The van der Waals surface area contributed by atoms with Crippen LogP contribution >= 0.6 is 0 Å². The molecule has 2 aliphatic carbocycles. The smallest absolute Gasteiger partial charge is 0.338 e. The van der Waals surface area contributed by atoms with Gasteiger partial charge in [-0.2, -0.15) is 0 Å². The Hall–Kier alpha value is -2.61. The van der Waals surface area contributed by atoms with E-state index >= 15 is 0 Å². The van der Waals surface area contributed by atoms with Gasteiger partial charge in [-0.3, -0.25) is 4.79 Å². The van der Waals surface area contributed by atoms with Gasteiger partial charge < -0.3 is 24.1 Å². The number of fused-ring (bicyclic) bond motifs is 2. The summed E-state index contributed by atoms with van der Waals surface area (Å²) in [6.07, 6.45) is 1.03. The predicted octanol–water partition coefficient (Wildman–Crippen LogP) is 1.68. The van der Waals surface area contributed by atoms with Crippen LogP contribution in [0.4, 0.5) is 0 Å². The summed E-state index contributed by atoms with van der Waals surface area (Å²) in [6, 6.07) is 0. The highest BCUT2D eigenvalue weighted by molar-refractivity contribution is 5.93. The van der Waals surface area contributed by atoms with Crippen LogP contribution in [0.2, 0.25) is 0 Å². The van der Waals surface area contributed by atoms with Crippen LogP contribution in [-0.2, 0) is 33.3 Å². The molecule has 0 amide bonds. The number of carbonyl (C=O) groups is 3. The molecule has 0 bridgehead atoms. The minimum absolute atomic E-state index is 0.218. The molecule has 1 fully saturated rings. The molecule has 4 aliphatic rings. The lowest BCUT2D eigenvalue weighted by Crippen LogP contribution is -2.38. The van der Waals surface area contributed by atoms with E-state index in [0.29, 0.717) is 18.4 Å². The molecule has 0 saturated carbocycles. The average Bonchev–Trinajstić information content (AvgIpc) is 3.21. The van der Waals surface area contributed by atoms with Gasteiger partial charge in [0.05, 0.1) is 23.9 Å². The van der Waals surface area contributed by atoms with Crippen molar-refractivity contribution in [1.82, 2.24) is 0 Å². The lowest BCUT2D eigenvalue weighted by molar-refractivity contribution is -0.152. The van der Waals surface area contributed by atoms with Gasteiger partial charge in [-0.1, -0.05) is 13.8 Å². The van der Waals surface area contributed by atoms with E-state index in [9.17, 15) is 19.5 Å². The van der Waals surface area contributed by atoms with Gasteiger partial charge in [0, 0.05) is 24.0 Å². The van der Waals surface area contributed by atoms with E-state index in [1.165, 1.54) is 19.3 Å². The molecule has 29 heavy (non-hydrogen) atoms. The largest absolute Gasteiger partial charge is 0.458 e. The summed E-state index contributed by atoms with van der Waals surface area (Å²) < 4.78 is 21.8. The van der Waals surface area contributed by atoms with Gasteiger partial charge in [0.15, 0.2) is 0 Å². The molecule has 0 spiro atoms. The number of aliphatic hydroxyl groups is 1. The molecule has 1 saturated heterocycles. The van der Waals surface area contributed by atoms with Gasteiger partial charge >= 0.3 is 17.9 Å². The van der Waals surface area contributed by atoms with E-state index in [-0.39, 0.29) is 5.57 Å². The Kier molecular flexibility index (Phi) is 4.57. The Morgan fingerprint density at radius 3 is 2.62 bits per heavy atom. The van der Waals surface area contributed by atoms with Crippen LogP contribution in [0.1, 0.15) is 40.5 Å². The first kappa shape index (κ1) is 19.7. The number of rotatable bonds is 3. The number of cyclic esters (lactones) is 1. The predicted molar refractivity (Wildman–Crippen MR) is 97.8 cm³/mol. The zero-order chi connectivity index (χ0) is 21.1. The average molecular weight is 404 g/mol. The van der Waals surface area contributed by atoms with E-state index in [2.05, 4.69) is 0 Å². The third kappa shape index (κ3) is 3.06. The van der Waals surface area contributed by atoms with Crippen molar-refractivity contribution in [3.05, 3.63) is 34.6 Å².